The second-order valence-electron chi connectivity index (χ2n) is 2.83. The fourth-order valence-electron chi connectivity index (χ4n) is 1.11. The number of rotatable bonds is 1. The molecule has 1 saturated heterocycles. The third-order valence-electron chi connectivity index (χ3n) is 1.82. The van der Waals surface area contributed by atoms with E-state index >= 15 is 0 Å². The van der Waals surface area contributed by atoms with Crippen molar-refractivity contribution in [1.29, 1.82) is 0 Å². The molecule has 0 unspecified atom stereocenters. The van der Waals surface area contributed by atoms with Crippen LogP contribution in [0.25, 0.3) is 0 Å². The van der Waals surface area contributed by atoms with Crippen LogP contribution in [-0.4, -0.2) is 51.1 Å². The van der Waals surface area contributed by atoms with E-state index in [1.54, 1.807) is 0 Å². The quantitative estimate of drug-likeness (QED) is 0.353. The number of aliphatic hydroxyl groups excluding tert-OH is 3. The summed E-state index contributed by atoms with van der Waals surface area (Å²) in [6, 6.07) is 0. The molecule has 1 aliphatic heterocycles. The van der Waals surface area contributed by atoms with Gasteiger partial charge in [0.2, 0.25) is 0 Å². The summed E-state index contributed by atoms with van der Waals surface area (Å²) in [4.78, 5) is 0. The highest BCUT2D eigenvalue weighted by atomic mass is 16.7. The number of ether oxygens (including phenoxy) is 1. The summed E-state index contributed by atoms with van der Waals surface area (Å²) >= 11 is 0. The van der Waals surface area contributed by atoms with Gasteiger partial charge >= 0.3 is 0 Å². The van der Waals surface area contributed by atoms with Crippen molar-refractivity contribution in [2.24, 2.45) is 0 Å². The zero-order valence-electron chi connectivity index (χ0n) is 6.14. The predicted molar refractivity (Wildman–Crippen MR) is 34.6 cm³/mol. The van der Waals surface area contributed by atoms with E-state index < -0.39 is 30.7 Å². The highest BCUT2D eigenvalue weighted by Gasteiger charge is 2.49. The van der Waals surface area contributed by atoms with E-state index in [1.165, 1.54) is 6.92 Å². The maximum atomic E-state index is 9.19. The smallest absolute Gasteiger partial charge is 0.192 e. The van der Waals surface area contributed by atoms with E-state index in [2.05, 4.69) is 0 Å². The molecule has 0 aromatic heterocycles. The molecule has 1 heterocycles. The molecule has 0 saturated carbocycles. The highest BCUT2D eigenvalue weighted by molar-refractivity contribution is 4.92. The molecule has 0 radical (unpaired) electrons. The Kier molecular flexibility index (Phi) is 2.17. The molecule has 0 aromatic rings. The van der Waals surface area contributed by atoms with Crippen LogP contribution in [-0.2, 0) is 4.74 Å². The van der Waals surface area contributed by atoms with Crippen molar-refractivity contribution >= 4 is 0 Å². The van der Waals surface area contributed by atoms with Crippen LogP contribution in [0.1, 0.15) is 6.92 Å². The van der Waals surface area contributed by atoms with Crippen molar-refractivity contribution in [3.05, 3.63) is 0 Å². The van der Waals surface area contributed by atoms with Gasteiger partial charge in [-0.2, -0.15) is 0 Å². The molecular weight excluding hydrogens is 152 g/mol. The lowest BCUT2D eigenvalue weighted by Gasteiger charge is -2.19. The van der Waals surface area contributed by atoms with Crippen molar-refractivity contribution in [2.75, 3.05) is 6.61 Å². The summed E-state index contributed by atoms with van der Waals surface area (Å²) in [6.45, 7) is 0.810. The second kappa shape index (κ2) is 2.69. The minimum Gasteiger partial charge on any atom is -0.394 e. The third kappa shape index (κ3) is 1.38. The molecule has 0 amide bonds. The first-order valence-electron chi connectivity index (χ1n) is 3.36. The molecule has 11 heavy (non-hydrogen) atoms. The van der Waals surface area contributed by atoms with E-state index in [0.29, 0.717) is 0 Å². The summed E-state index contributed by atoms with van der Waals surface area (Å²) in [5, 5.41) is 36.0. The summed E-state index contributed by atoms with van der Waals surface area (Å²) in [6.07, 6.45) is -3.49. The number of aliphatic hydroxyl groups is 4. The van der Waals surface area contributed by atoms with Gasteiger partial charge in [0, 0.05) is 0 Å². The number of hydrogen-bond donors (Lipinski definition) is 4. The Labute approximate surface area is 63.8 Å². The summed E-state index contributed by atoms with van der Waals surface area (Å²) in [7, 11) is 0. The lowest BCUT2D eigenvalue weighted by molar-refractivity contribution is -0.217. The lowest BCUT2D eigenvalue weighted by atomic mass is 10.1. The van der Waals surface area contributed by atoms with Gasteiger partial charge in [-0.1, -0.05) is 0 Å². The minimum atomic E-state index is -1.76. The van der Waals surface area contributed by atoms with Crippen LogP contribution in [0.15, 0.2) is 0 Å². The molecule has 5 heteroatoms. The van der Waals surface area contributed by atoms with E-state index in [-0.39, 0.29) is 0 Å². The van der Waals surface area contributed by atoms with E-state index in [4.69, 9.17) is 20.1 Å². The van der Waals surface area contributed by atoms with Crippen LogP contribution >= 0.6 is 0 Å². The number of hydrogen-bond acceptors (Lipinski definition) is 5. The fourth-order valence-corrected chi connectivity index (χ4v) is 1.11. The molecule has 0 aliphatic carbocycles. The molecule has 5 nitrogen and oxygen atoms in total. The topological polar surface area (TPSA) is 90.2 Å². The third-order valence-corrected chi connectivity index (χ3v) is 1.82. The van der Waals surface area contributed by atoms with Crippen molar-refractivity contribution in [1.82, 2.24) is 0 Å². The first-order chi connectivity index (χ1) is 4.99. The SMILES string of the molecule is C[C@@]1(O)O[C@@H](CO)[C@@H](O)[C@@H]1O. The van der Waals surface area contributed by atoms with Crippen molar-refractivity contribution in [3.8, 4) is 0 Å². The Hall–Kier alpha value is -0.200. The summed E-state index contributed by atoms with van der Waals surface area (Å²) in [5.41, 5.74) is 0. The molecular formula is C6H12O5. The van der Waals surface area contributed by atoms with E-state index in [9.17, 15) is 5.11 Å². The summed E-state index contributed by atoms with van der Waals surface area (Å²) < 4.78 is 4.73. The molecule has 0 spiro atoms. The van der Waals surface area contributed by atoms with Crippen molar-refractivity contribution < 1.29 is 25.2 Å². The van der Waals surface area contributed by atoms with Crippen LogP contribution in [0.3, 0.4) is 0 Å². The molecule has 1 rings (SSSR count). The van der Waals surface area contributed by atoms with Gasteiger partial charge in [0.1, 0.15) is 18.3 Å². The molecule has 1 aliphatic rings. The highest BCUT2D eigenvalue weighted by Crippen LogP contribution is 2.27. The van der Waals surface area contributed by atoms with Crippen LogP contribution < -0.4 is 0 Å². The molecule has 1 fully saturated rings. The van der Waals surface area contributed by atoms with Crippen LogP contribution in [0.2, 0.25) is 0 Å². The Bertz CT molecular complexity index is 146. The van der Waals surface area contributed by atoms with E-state index in [0.717, 1.165) is 0 Å². The Morgan fingerprint density at radius 3 is 2.18 bits per heavy atom. The Morgan fingerprint density at radius 2 is 2.00 bits per heavy atom. The normalized spacial score (nSPS) is 51.5. The van der Waals surface area contributed by atoms with Gasteiger partial charge in [-0.15, -0.1) is 0 Å². The fraction of sp³-hybridized carbons (Fsp3) is 1.00. The molecule has 4 atom stereocenters. The van der Waals surface area contributed by atoms with Gasteiger partial charge < -0.3 is 25.2 Å². The van der Waals surface area contributed by atoms with Crippen LogP contribution in [0, 0.1) is 0 Å². The van der Waals surface area contributed by atoms with Gasteiger partial charge in [0.15, 0.2) is 5.79 Å². The lowest BCUT2D eigenvalue weighted by Crippen LogP contribution is -2.40. The van der Waals surface area contributed by atoms with Crippen molar-refractivity contribution in [3.63, 3.8) is 0 Å². The predicted octanol–water partition coefficient (Wildman–Crippen LogP) is -2.19. The first kappa shape index (κ1) is 8.89. The molecule has 0 aromatic carbocycles. The van der Waals surface area contributed by atoms with Crippen LogP contribution in [0.4, 0.5) is 0 Å². The maximum absolute atomic E-state index is 9.19. The Morgan fingerprint density at radius 1 is 1.45 bits per heavy atom. The van der Waals surface area contributed by atoms with Gasteiger partial charge in [0.25, 0.3) is 0 Å². The van der Waals surface area contributed by atoms with Gasteiger partial charge in [-0.05, 0) is 6.92 Å². The zero-order valence-corrected chi connectivity index (χ0v) is 6.14. The zero-order chi connectivity index (χ0) is 8.65. The summed E-state index contributed by atoms with van der Waals surface area (Å²) in [5.74, 6) is -1.76. The van der Waals surface area contributed by atoms with E-state index in [1.807, 2.05) is 0 Å². The van der Waals surface area contributed by atoms with Gasteiger partial charge in [-0.3, -0.25) is 0 Å². The average molecular weight is 164 g/mol. The molecule has 4 N–H and O–H groups in total. The maximum Gasteiger partial charge on any atom is 0.192 e. The van der Waals surface area contributed by atoms with Crippen LogP contribution in [0.5, 0.6) is 0 Å². The van der Waals surface area contributed by atoms with Crippen molar-refractivity contribution in [2.45, 2.75) is 31.0 Å². The first-order valence-corrected chi connectivity index (χ1v) is 3.36. The molecule has 66 valence electrons. The standard InChI is InChI=1S/C6H12O5/c1-6(10)5(9)4(8)3(2-7)11-6/h3-5,7-10H,2H2,1H3/t3-,4+,5-,6+/m0/s1. The van der Waals surface area contributed by atoms with Gasteiger partial charge in [0.05, 0.1) is 6.61 Å². The molecule has 0 bridgehead atoms. The minimum absolute atomic E-state index is 0.422. The largest absolute Gasteiger partial charge is 0.394 e. The van der Waals surface area contributed by atoms with Gasteiger partial charge in [-0.25, -0.2) is 0 Å². The second-order valence-corrected chi connectivity index (χ2v) is 2.83. The average Bonchev–Trinajstić information content (AvgIpc) is 2.13. The monoisotopic (exact) mass is 164 g/mol. The Balaban J connectivity index is 2.69.